The molecular formula is C25H29F3N2O3. The fraction of sp³-hybridized carbons (Fsp3) is 0.480. The van der Waals surface area contributed by atoms with Gasteiger partial charge in [-0.2, -0.15) is 13.2 Å². The Labute approximate surface area is 192 Å². The molecule has 2 saturated heterocycles. The van der Waals surface area contributed by atoms with Crippen molar-refractivity contribution < 1.29 is 27.4 Å². The van der Waals surface area contributed by atoms with Gasteiger partial charge in [0.1, 0.15) is 5.75 Å². The van der Waals surface area contributed by atoms with Gasteiger partial charge in [-0.05, 0) is 35.2 Å². The lowest BCUT2D eigenvalue weighted by molar-refractivity contribution is -0.137. The van der Waals surface area contributed by atoms with E-state index in [9.17, 15) is 18.0 Å². The zero-order valence-electron chi connectivity index (χ0n) is 18.7. The van der Waals surface area contributed by atoms with E-state index in [1.165, 1.54) is 12.1 Å². The standard InChI is InChI=1S/C25H29F3N2O3/c1-32-22-7-5-18(6-8-22)13-24(31)30-16-20(15-29-9-11-33-12-10-29)23(17-30)19-3-2-4-21(14-19)25(26,27)28/h2-8,14,20,23H,9-13,15-17H2,1H3. The highest BCUT2D eigenvalue weighted by molar-refractivity contribution is 5.79. The summed E-state index contributed by atoms with van der Waals surface area (Å²) in [5.41, 5.74) is 0.879. The minimum Gasteiger partial charge on any atom is -0.497 e. The second-order valence-corrected chi connectivity index (χ2v) is 8.73. The van der Waals surface area contributed by atoms with Gasteiger partial charge < -0.3 is 14.4 Å². The molecule has 0 bridgehead atoms. The number of amides is 1. The number of likely N-dealkylation sites (tertiary alicyclic amines) is 1. The van der Waals surface area contributed by atoms with Crippen molar-refractivity contribution in [3.8, 4) is 5.75 Å². The van der Waals surface area contributed by atoms with Crippen LogP contribution in [0.2, 0.25) is 0 Å². The van der Waals surface area contributed by atoms with E-state index in [0.29, 0.717) is 31.9 Å². The van der Waals surface area contributed by atoms with Gasteiger partial charge in [0.05, 0.1) is 32.3 Å². The van der Waals surface area contributed by atoms with Gasteiger partial charge >= 0.3 is 6.18 Å². The molecular weight excluding hydrogens is 433 g/mol. The smallest absolute Gasteiger partial charge is 0.416 e. The maximum Gasteiger partial charge on any atom is 0.416 e. The molecule has 2 aromatic rings. The maximum absolute atomic E-state index is 13.3. The van der Waals surface area contributed by atoms with Crippen LogP contribution < -0.4 is 4.74 Å². The van der Waals surface area contributed by atoms with Crippen LogP contribution in [0, 0.1) is 5.92 Å². The first-order valence-corrected chi connectivity index (χ1v) is 11.2. The van der Waals surface area contributed by atoms with Gasteiger partial charge in [-0.25, -0.2) is 0 Å². The van der Waals surface area contributed by atoms with Crippen LogP contribution in [0.3, 0.4) is 0 Å². The molecule has 0 saturated carbocycles. The molecule has 2 heterocycles. The topological polar surface area (TPSA) is 42.0 Å². The Kier molecular flexibility index (Phi) is 7.24. The Morgan fingerprint density at radius 1 is 1.09 bits per heavy atom. The summed E-state index contributed by atoms with van der Waals surface area (Å²) in [6, 6.07) is 12.9. The zero-order valence-corrected chi connectivity index (χ0v) is 18.7. The number of alkyl halides is 3. The molecule has 2 aliphatic heterocycles. The molecule has 33 heavy (non-hydrogen) atoms. The van der Waals surface area contributed by atoms with Gasteiger partial charge in [0, 0.05) is 38.6 Å². The first-order valence-electron chi connectivity index (χ1n) is 11.2. The van der Waals surface area contributed by atoms with Crippen molar-refractivity contribution in [1.29, 1.82) is 0 Å². The van der Waals surface area contributed by atoms with E-state index in [2.05, 4.69) is 4.90 Å². The van der Waals surface area contributed by atoms with Gasteiger partial charge in [-0.15, -0.1) is 0 Å². The molecule has 2 atom stereocenters. The van der Waals surface area contributed by atoms with Crippen molar-refractivity contribution in [2.45, 2.75) is 18.5 Å². The van der Waals surface area contributed by atoms with Crippen LogP contribution in [-0.4, -0.2) is 68.8 Å². The quantitative estimate of drug-likeness (QED) is 0.655. The molecule has 4 rings (SSSR count). The molecule has 0 N–H and O–H groups in total. The van der Waals surface area contributed by atoms with Gasteiger partial charge in [-0.1, -0.05) is 30.3 Å². The van der Waals surface area contributed by atoms with Crippen molar-refractivity contribution in [2.24, 2.45) is 5.92 Å². The number of carbonyl (C=O) groups excluding carboxylic acids is 1. The first kappa shape index (κ1) is 23.6. The van der Waals surface area contributed by atoms with Gasteiger partial charge in [0.15, 0.2) is 0 Å². The van der Waals surface area contributed by atoms with Crippen LogP contribution in [0.4, 0.5) is 13.2 Å². The van der Waals surface area contributed by atoms with Gasteiger partial charge in [0.2, 0.25) is 5.91 Å². The average Bonchev–Trinajstić information content (AvgIpc) is 3.24. The lowest BCUT2D eigenvalue weighted by Gasteiger charge is -2.31. The Balaban J connectivity index is 1.52. The molecule has 2 aromatic carbocycles. The molecule has 0 aromatic heterocycles. The van der Waals surface area contributed by atoms with Crippen LogP contribution in [-0.2, 0) is 22.1 Å². The Hall–Kier alpha value is -2.58. The van der Waals surface area contributed by atoms with E-state index in [1.807, 2.05) is 24.3 Å². The minimum absolute atomic E-state index is 0.0124. The molecule has 178 valence electrons. The number of ether oxygens (including phenoxy) is 2. The monoisotopic (exact) mass is 462 g/mol. The summed E-state index contributed by atoms with van der Waals surface area (Å²) in [7, 11) is 1.59. The third-order valence-corrected chi connectivity index (χ3v) is 6.55. The fourth-order valence-electron chi connectivity index (χ4n) is 4.73. The van der Waals surface area contributed by atoms with E-state index < -0.39 is 11.7 Å². The summed E-state index contributed by atoms with van der Waals surface area (Å²) in [4.78, 5) is 17.2. The SMILES string of the molecule is COc1ccc(CC(=O)N2CC(CN3CCOCC3)C(c3cccc(C(F)(F)F)c3)C2)cc1. The highest BCUT2D eigenvalue weighted by atomic mass is 19.4. The van der Waals surface area contributed by atoms with Gasteiger partial charge in [0.25, 0.3) is 0 Å². The van der Waals surface area contributed by atoms with E-state index in [1.54, 1.807) is 18.1 Å². The molecule has 2 aliphatic rings. The summed E-state index contributed by atoms with van der Waals surface area (Å²) in [6.45, 7) is 4.59. The van der Waals surface area contributed by atoms with Gasteiger partial charge in [-0.3, -0.25) is 9.69 Å². The van der Waals surface area contributed by atoms with Crippen molar-refractivity contribution in [2.75, 3.05) is 53.0 Å². The van der Waals surface area contributed by atoms with Crippen LogP contribution in [0.1, 0.15) is 22.6 Å². The largest absolute Gasteiger partial charge is 0.497 e. The summed E-state index contributed by atoms with van der Waals surface area (Å²) in [5.74, 6) is 0.630. The third-order valence-electron chi connectivity index (χ3n) is 6.55. The number of carbonyl (C=O) groups is 1. The third kappa shape index (κ3) is 5.86. The number of nitrogens with zero attached hydrogens (tertiary/aromatic N) is 2. The lowest BCUT2D eigenvalue weighted by atomic mass is 9.87. The summed E-state index contributed by atoms with van der Waals surface area (Å²) in [6.07, 6.45) is -4.14. The van der Waals surface area contributed by atoms with Crippen molar-refractivity contribution >= 4 is 5.91 Å². The second-order valence-electron chi connectivity index (χ2n) is 8.73. The number of methoxy groups -OCH3 is 1. The number of halogens is 3. The molecule has 0 spiro atoms. The minimum atomic E-state index is -4.39. The molecule has 0 aliphatic carbocycles. The predicted molar refractivity (Wildman–Crippen MR) is 118 cm³/mol. The highest BCUT2D eigenvalue weighted by Crippen LogP contribution is 2.37. The molecule has 8 heteroatoms. The highest BCUT2D eigenvalue weighted by Gasteiger charge is 2.38. The van der Waals surface area contributed by atoms with Crippen molar-refractivity contribution in [3.05, 3.63) is 65.2 Å². The molecule has 2 unspecified atom stereocenters. The number of benzene rings is 2. The molecule has 1 amide bonds. The Morgan fingerprint density at radius 2 is 1.82 bits per heavy atom. The lowest BCUT2D eigenvalue weighted by Crippen LogP contribution is -2.41. The summed E-state index contributed by atoms with van der Waals surface area (Å²) >= 11 is 0. The Morgan fingerprint density at radius 3 is 2.48 bits per heavy atom. The fourth-order valence-corrected chi connectivity index (χ4v) is 4.73. The summed E-state index contributed by atoms with van der Waals surface area (Å²) in [5, 5.41) is 0. The predicted octanol–water partition coefficient (Wildman–Crippen LogP) is 3.83. The molecule has 5 nitrogen and oxygen atoms in total. The number of hydrogen-bond acceptors (Lipinski definition) is 4. The average molecular weight is 463 g/mol. The van der Waals surface area contributed by atoms with E-state index in [4.69, 9.17) is 9.47 Å². The first-order chi connectivity index (χ1) is 15.8. The summed E-state index contributed by atoms with van der Waals surface area (Å²) < 4.78 is 50.6. The van der Waals surface area contributed by atoms with E-state index in [0.717, 1.165) is 37.0 Å². The van der Waals surface area contributed by atoms with Crippen LogP contribution in [0.25, 0.3) is 0 Å². The van der Waals surface area contributed by atoms with Crippen LogP contribution in [0.5, 0.6) is 5.75 Å². The maximum atomic E-state index is 13.3. The van der Waals surface area contributed by atoms with Crippen molar-refractivity contribution in [1.82, 2.24) is 9.80 Å². The van der Waals surface area contributed by atoms with Crippen LogP contribution >= 0.6 is 0 Å². The normalized spacial score (nSPS) is 21.9. The molecule has 2 fully saturated rings. The number of morpholine rings is 1. The Bertz CT molecular complexity index is 943. The van der Waals surface area contributed by atoms with Crippen LogP contribution in [0.15, 0.2) is 48.5 Å². The number of rotatable bonds is 6. The zero-order chi connectivity index (χ0) is 23.4. The number of hydrogen-bond donors (Lipinski definition) is 0. The van der Waals surface area contributed by atoms with Crippen molar-refractivity contribution in [3.63, 3.8) is 0 Å². The molecule has 0 radical (unpaired) electrons. The second kappa shape index (κ2) is 10.1. The van der Waals surface area contributed by atoms with E-state index >= 15 is 0 Å². The van der Waals surface area contributed by atoms with E-state index in [-0.39, 0.29) is 24.2 Å².